The van der Waals surface area contributed by atoms with Crippen LogP contribution in [0.2, 0.25) is 10.0 Å². The van der Waals surface area contributed by atoms with Gasteiger partial charge in [0.15, 0.2) is 31.3 Å². The SMILES string of the molecule is CC(C)(C#Cc1ccc2c(=O)n(-c3ccc(Cl)c4c(NS(=O)(=O)C5CC5)nn(CC(F)F)c34)c([C@H](Cc3cc(F)cc(F)c3)NC(=O)Cn3nc(C(F)F)c4c3C(F)(F)[C@@H]3C[C@H]43)nc2c1)S(C)(=O)=O.Cn1nc(NS(C)(=O)=O)c2c(Cl)ccc(-n3c([C@H](Cc4cc(F)cc(F)c4)NC(=O)Cn4nc(C(F)F)c5c4C(F)(F)[C@@H]4C[C@H]54)nc4cc(C#CC(C)(C)S(C)(=O)=O)ccc4c3=O)c21. The topological polar surface area (TPSA) is 360 Å². The third kappa shape index (κ3) is 18.0. The van der Waals surface area contributed by atoms with Gasteiger partial charge in [-0.2, -0.15) is 38.0 Å². The molecule has 6 atom stereocenters. The van der Waals surface area contributed by atoms with Crippen LogP contribution in [0.15, 0.2) is 107 Å². The standard InChI is InChI=1S/C44H37ClF8N8O6S2.C41H35ClF6N8O6S2/c1-43(2,68(3,64)65)11-10-20-4-7-25-29(14-20)55-41(61(42(25)63)31-9-8-28(45)35-37(31)59(18-32(48)49)57-40(35)58-69(66,67)24-5-6-24)30(15-21-12-22(46)16-23(47)13-21)54-33(62)19-60-38-34(36(56-60)39(50)51)26-17-27(26)44(38,52)53;1-40(2,63(4,59)60)11-10-19-6-7-23-27(14-19)50-38(56(39(23)58)29-9-8-26(42)32-34(29)54(3)52-37(32)53-64(5,61)62)28(15-20-12-21(43)16-22(44)13-20)49-30(57)18-55-35-31(33(51-55)36(45)46)24-17-25(24)41(35,47)48/h4,7-9,12-14,16,24,26-27,30,32,39H,5-6,15,17-19H2,1-3H3,(H,54,62)(H,57,58);6-9,12-14,16,24-25,28,36H,15,17-18H2,1-5H3,(H,49,57)(H,52,53)/t26-,27+,30-;24-,25+,28-/m00/s1. The second kappa shape index (κ2) is 33.6. The van der Waals surface area contributed by atoms with Crippen molar-refractivity contribution in [2.45, 2.75) is 156 Å². The largest absolute Gasteiger partial charge is 0.344 e. The summed E-state index contributed by atoms with van der Waals surface area (Å²) in [6.45, 7) is 2.18. The first kappa shape index (κ1) is 94.2. The van der Waals surface area contributed by atoms with Gasteiger partial charge in [0.25, 0.3) is 42.2 Å². The van der Waals surface area contributed by atoms with Crippen molar-refractivity contribution in [3.63, 3.8) is 0 Å². The van der Waals surface area contributed by atoms with Crippen LogP contribution in [0.1, 0.15) is 158 Å². The third-order valence-electron chi connectivity index (χ3n) is 23.6. The average Bonchev–Trinajstić information content (AvgIpc) is 1.51. The summed E-state index contributed by atoms with van der Waals surface area (Å²) in [4.78, 5) is 67.9. The van der Waals surface area contributed by atoms with E-state index in [1.54, 1.807) is 0 Å². The summed E-state index contributed by atoms with van der Waals surface area (Å²) >= 11 is 13.3. The van der Waals surface area contributed by atoms with Gasteiger partial charge in [0.1, 0.15) is 86.8 Å². The van der Waals surface area contributed by atoms with Crippen molar-refractivity contribution in [2.75, 3.05) is 28.2 Å². The van der Waals surface area contributed by atoms with E-state index < -0.39 is 234 Å². The Morgan fingerprint density at radius 1 is 0.534 bits per heavy atom. The number of carbonyl (C=O) groups is 2. The molecule has 0 aliphatic heterocycles. The number of nitrogens with zero attached hydrogens (tertiary/aromatic N) is 12. The van der Waals surface area contributed by atoms with Crippen molar-refractivity contribution in [3.8, 4) is 35.1 Å². The molecular weight excluding hydrogens is 1900 g/mol. The number of rotatable bonds is 25. The molecule has 6 aromatic heterocycles. The summed E-state index contributed by atoms with van der Waals surface area (Å²) in [5, 5.41) is 19.5. The number of benzene rings is 6. The van der Waals surface area contributed by atoms with Gasteiger partial charge in [-0.3, -0.25) is 56.5 Å². The molecule has 0 saturated heterocycles. The fourth-order valence-corrected chi connectivity index (χ4v) is 19.3. The number of aryl methyl sites for hydroxylation is 1. The lowest BCUT2D eigenvalue weighted by Gasteiger charge is -2.24. The summed E-state index contributed by atoms with van der Waals surface area (Å²) in [7, 11) is -14.0. The molecule has 0 spiro atoms. The first-order valence-corrected chi connectivity index (χ1v) is 48.2. The highest BCUT2D eigenvalue weighted by Gasteiger charge is 2.68. The highest BCUT2D eigenvalue weighted by atomic mass is 35.5. The maximum atomic E-state index is 15.6. The Kier molecular flexibility index (Phi) is 23.8. The molecule has 5 aliphatic carbocycles. The van der Waals surface area contributed by atoms with Gasteiger partial charge in [-0.25, -0.2) is 87.5 Å². The quantitative estimate of drug-likeness (QED) is 0.0305. The second-order valence-corrected chi connectivity index (χ2v) is 43.7. The van der Waals surface area contributed by atoms with Crippen molar-refractivity contribution in [1.29, 1.82) is 0 Å². The van der Waals surface area contributed by atoms with Crippen LogP contribution in [0.4, 0.5) is 73.1 Å². The van der Waals surface area contributed by atoms with E-state index in [2.05, 4.69) is 64.2 Å². The summed E-state index contributed by atoms with van der Waals surface area (Å²) in [6, 6.07) is 14.6. The number of fused-ring (bicyclic) bond motifs is 10. The molecule has 48 heteroatoms. The van der Waals surface area contributed by atoms with Crippen LogP contribution in [0.5, 0.6) is 0 Å². The van der Waals surface area contributed by atoms with Crippen molar-refractivity contribution in [2.24, 2.45) is 18.9 Å². The molecule has 3 fully saturated rings. The van der Waals surface area contributed by atoms with E-state index in [4.69, 9.17) is 33.2 Å². The molecule has 17 rings (SSSR count). The van der Waals surface area contributed by atoms with Crippen LogP contribution in [0, 0.1) is 58.8 Å². The van der Waals surface area contributed by atoms with E-state index >= 15 is 22.4 Å². The Hall–Kier alpha value is -12.0. The summed E-state index contributed by atoms with van der Waals surface area (Å²) < 4.78 is 314. The van der Waals surface area contributed by atoms with E-state index in [1.165, 1.54) is 100 Å². The Morgan fingerprint density at radius 2 is 0.932 bits per heavy atom. The summed E-state index contributed by atoms with van der Waals surface area (Å²) in [5.74, 6) is -8.68. The zero-order valence-corrected chi connectivity index (χ0v) is 75.1. The smallest absolute Gasteiger partial charge is 0.293 e. The van der Waals surface area contributed by atoms with E-state index in [-0.39, 0.29) is 123 Å². The molecule has 6 heterocycles. The number of halogens is 16. The minimum absolute atomic E-state index is 0.00831. The highest BCUT2D eigenvalue weighted by Crippen LogP contribution is 2.69. The number of sulfone groups is 2. The minimum Gasteiger partial charge on any atom is -0.344 e. The molecule has 6 aromatic carbocycles. The number of carbonyl (C=O) groups excluding carboxylic acids is 2. The first-order valence-electron chi connectivity index (χ1n) is 40.3. The van der Waals surface area contributed by atoms with Crippen LogP contribution in [0.25, 0.3) is 55.0 Å². The van der Waals surface area contributed by atoms with Gasteiger partial charge in [0, 0.05) is 78.6 Å². The Bertz CT molecular complexity index is 7710. The van der Waals surface area contributed by atoms with Crippen LogP contribution < -0.4 is 31.2 Å². The summed E-state index contributed by atoms with van der Waals surface area (Å²) in [6.07, 6.45) is -7.44. The summed E-state index contributed by atoms with van der Waals surface area (Å²) in [5.41, 5.74) is -6.84. The molecule has 0 radical (unpaired) electrons. The van der Waals surface area contributed by atoms with E-state index in [0.29, 0.717) is 39.0 Å². The molecule has 700 valence electrons. The Morgan fingerprint density at radius 3 is 1.32 bits per heavy atom. The van der Waals surface area contributed by atoms with Crippen LogP contribution >= 0.6 is 23.2 Å². The maximum Gasteiger partial charge on any atom is 0.293 e. The number of hydrogen-bond donors (Lipinski definition) is 4. The molecule has 5 aliphatic rings. The van der Waals surface area contributed by atoms with Crippen LogP contribution in [-0.2, 0) is 101 Å². The molecule has 0 bridgehead atoms. The van der Waals surface area contributed by atoms with Crippen molar-refractivity contribution in [3.05, 3.63) is 219 Å². The lowest BCUT2D eigenvalue weighted by Crippen LogP contribution is -2.38. The van der Waals surface area contributed by atoms with Crippen molar-refractivity contribution in [1.82, 2.24) is 68.9 Å². The van der Waals surface area contributed by atoms with E-state index in [9.17, 15) is 92.0 Å². The fraction of sp³-hybridized carbons (Fsp3) is 0.365. The lowest BCUT2D eigenvalue weighted by molar-refractivity contribution is -0.123. The molecular formula is C85H72Cl2F14N16O12S4. The van der Waals surface area contributed by atoms with Gasteiger partial charge in [0.05, 0.1) is 88.6 Å². The number of alkyl halides is 10. The van der Waals surface area contributed by atoms with Gasteiger partial charge in [-0.1, -0.05) is 46.9 Å². The normalized spacial score (nSPS) is 17.7. The average molecular weight is 1970 g/mol. The fourth-order valence-electron chi connectivity index (χ4n) is 16.5. The predicted molar refractivity (Wildman–Crippen MR) is 460 cm³/mol. The lowest BCUT2D eigenvalue weighted by atomic mass is 10.0. The maximum absolute atomic E-state index is 15.6. The first-order chi connectivity index (χ1) is 62.0. The van der Waals surface area contributed by atoms with E-state index in [0.717, 1.165) is 52.2 Å². The van der Waals surface area contributed by atoms with Crippen molar-refractivity contribution >= 4 is 130 Å². The Balaban J connectivity index is 0.000000194. The second-order valence-electron chi connectivity index (χ2n) is 34.0. The minimum atomic E-state index is -4.12. The van der Waals surface area contributed by atoms with Gasteiger partial charge >= 0.3 is 0 Å². The monoisotopic (exact) mass is 1970 g/mol. The number of hydrogen-bond acceptors (Lipinski definition) is 18. The molecule has 133 heavy (non-hydrogen) atoms. The number of sulfonamides is 2. The van der Waals surface area contributed by atoms with Crippen LogP contribution in [-0.4, -0.2) is 144 Å². The number of anilines is 2. The predicted octanol–water partition coefficient (Wildman–Crippen LogP) is 13.6. The number of amides is 2. The highest BCUT2D eigenvalue weighted by molar-refractivity contribution is 7.93. The van der Waals surface area contributed by atoms with E-state index in [1.807, 2.05) is 0 Å². The molecule has 28 nitrogen and oxygen atoms in total. The van der Waals surface area contributed by atoms with Crippen molar-refractivity contribution < 1.29 is 105 Å². The zero-order chi connectivity index (χ0) is 96.4. The number of nitrogens with one attached hydrogen (secondary N) is 4. The molecule has 3 saturated carbocycles. The molecule has 2 amide bonds. The van der Waals surface area contributed by atoms with Gasteiger partial charge in [-0.15, -0.1) is 0 Å². The number of aromatic nitrogens is 12. The molecule has 0 unspecified atom stereocenters. The van der Waals surface area contributed by atoms with Gasteiger partial charge < -0.3 is 10.6 Å². The molecule has 4 N–H and O–H groups in total. The van der Waals surface area contributed by atoms with Gasteiger partial charge in [-0.05, 0) is 161 Å². The Labute approximate surface area is 755 Å². The zero-order valence-electron chi connectivity index (χ0n) is 70.3. The van der Waals surface area contributed by atoms with Crippen LogP contribution in [0.3, 0.4) is 0 Å². The van der Waals surface area contributed by atoms with Gasteiger partial charge in [0.2, 0.25) is 31.9 Å². The molecule has 12 aromatic rings. The third-order valence-corrected chi connectivity index (χ3v) is 30.5.